The van der Waals surface area contributed by atoms with Gasteiger partial charge in [0.1, 0.15) is 0 Å². The summed E-state index contributed by atoms with van der Waals surface area (Å²) in [6.07, 6.45) is 0. The molecule has 0 aromatic rings. The highest BCUT2D eigenvalue weighted by atomic mass is 28.4. The van der Waals surface area contributed by atoms with Gasteiger partial charge in [-0.05, 0) is 0 Å². The first-order valence-corrected chi connectivity index (χ1v) is 4.83. The van der Waals surface area contributed by atoms with Gasteiger partial charge >= 0.3 is 8.80 Å². The molecule has 0 aliphatic rings. The monoisotopic (exact) mass is 175 g/mol. The second-order valence-corrected chi connectivity index (χ2v) is 3.80. The SMILES string of the molecule is C=NO[Si](C)(ON=C)ON=C. The summed E-state index contributed by atoms with van der Waals surface area (Å²) in [6.45, 7) is 10.8. The number of nitrogens with zero attached hydrogens (tertiary/aromatic N) is 3. The van der Waals surface area contributed by atoms with Crippen LogP contribution in [0.15, 0.2) is 15.5 Å². The fourth-order valence-corrected chi connectivity index (χ4v) is 1.21. The van der Waals surface area contributed by atoms with Gasteiger partial charge in [0.25, 0.3) is 0 Å². The van der Waals surface area contributed by atoms with Crippen LogP contribution in [0.1, 0.15) is 0 Å². The Bertz CT molecular complexity index is 136. The topological polar surface area (TPSA) is 64.8 Å². The molecule has 0 fully saturated rings. The number of oxime groups is 3. The predicted octanol–water partition coefficient (Wildman–Crippen LogP) is 0.452. The van der Waals surface area contributed by atoms with Gasteiger partial charge in [0, 0.05) is 26.7 Å². The first-order valence-electron chi connectivity index (χ1n) is 2.61. The molecule has 0 atom stereocenters. The molecule has 0 rings (SSSR count). The van der Waals surface area contributed by atoms with E-state index in [1.807, 2.05) is 0 Å². The van der Waals surface area contributed by atoms with Crippen LogP contribution in [0.5, 0.6) is 0 Å². The normalized spacial score (nSPS) is 9.55. The van der Waals surface area contributed by atoms with E-state index in [0.717, 1.165) is 0 Å². The first kappa shape index (κ1) is 9.63. The van der Waals surface area contributed by atoms with Crippen molar-refractivity contribution < 1.29 is 13.6 Å². The van der Waals surface area contributed by atoms with Crippen LogP contribution in [0.3, 0.4) is 0 Å². The summed E-state index contributed by atoms with van der Waals surface area (Å²) >= 11 is 0. The van der Waals surface area contributed by atoms with Gasteiger partial charge in [-0.25, -0.2) is 0 Å². The molecule has 0 aliphatic heterocycles. The van der Waals surface area contributed by atoms with Crippen molar-refractivity contribution in [3.63, 3.8) is 0 Å². The minimum Gasteiger partial charge on any atom is -0.374 e. The van der Waals surface area contributed by atoms with Crippen molar-refractivity contribution in [1.29, 1.82) is 0 Å². The van der Waals surface area contributed by atoms with Gasteiger partial charge in [-0.3, -0.25) is 0 Å². The highest BCUT2D eigenvalue weighted by Crippen LogP contribution is 2.09. The minimum absolute atomic E-state index is 1.52. The molecule has 0 heterocycles. The largest absolute Gasteiger partial charge is 0.758 e. The molecule has 0 radical (unpaired) electrons. The van der Waals surface area contributed by atoms with Crippen LogP contribution in [0.4, 0.5) is 0 Å². The van der Waals surface area contributed by atoms with E-state index >= 15 is 0 Å². The molecule has 0 aromatic carbocycles. The van der Waals surface area contributed by atoms with Crippen LogP contribution in [0.25, 0.3) is 0 Å². The number of rotatable bonds is 6. The van der Waals surface area contributed by atoms with Gasteiger partial charge < -0.3 is 13.6 Å². The first-order chi connectivity index (χ1) is 5.18. The summed E-state index contributed by atoms with van der Waals surface area (Å²) in [7, 11) is -2.94. The Kier molecular flexibility index (Phi) is 3.89. The minimum atomic E-state index is -2.94. The van der Waals surface area contributed by atoms with Crippen LogP contribution < -0.4 is 0 Å². The van der Waals surface area contributed by atoms with Gasteiger partial charge in [0.2, 0.25) is 0 Å². The molecule has 7 heteroatoms. The van der Waals surface area contributed by atoms with Crippen LogP contribution >= 0.6 is 0 Å². The smallest absolute Gasteiger partial charge is 0.374 e. The van der Waals surface area contributed by atoms with Crippen molar-refractivity contribution in [3.05, 3.63) is 0 Å². The molecular weight excluding hydrogens is 166 g/mol. The van der Waals surface area contributed by atoms with Crippen molar-refractivity contribution in [2.45, 2.75) is 6.55 Å². The lowest BCUT2D eigenvalue weighted by Gasteiger charge is -2.15. The van der Waals surface area contributed by atoms with Gasteiger partial charge in [-0.2, -0.15) is 0 Å². The van der Waals surface area contributed by atoms with E-state index in [1.54, 1.807) is 0 Å². The number of hydrogen-bond donors (Lipinski definition) is 0. The molecule has 0 saturated carbocycles. The van der Waals surface area contributed by atoms with Crippen LogP contribution in [0, 0.1) is 0 Å². The Morgan fingerprint density at radius 3 is 1.36 bits per heavy atom. The molecule has 6 nitrogen and oxygen atoms in total. The Morgan fingerprint density at radius 1 is 0.909 bits per heavy atom. The van der Waals surface area contributed by atoms with Gasteiger partial charge in [-0.1, -0.05) is 0 Å². The third-order valence-corrected chi connectivity index (χ3v) is 2.07. The summed E-state index contributed by atoms with van der Waals surface area (Å²) in [5, 5.41) is 9.39. The molecule has 62 valence electrons. The second-order valence-electron chi connectivity index (χ2n) is 1.52. The van der Waals surface area contributed by atoms with Crippen molar-refractivity contribution in [1.82, 2.24) is 0 Å². The maximum atomic E-state index is 4.65. The predicted molar refractivity (Wildman–Crippen MR) is 43.5 cm³/mol. The molecule has 0 N–H and O–H groups in total. The molecule has 0 bridgehead atoms. The fraction of sp³-hybridized carbons (Fsp3) is 0.250. The molecular formula is C4H9N3O3Si. The molecule has 0 amide bonds. The van der Waals surface area contributed by atoms with Gasteiger partial charge in [-0.15, -0.1) is 15.5 Å². The number of hydrogen-bond acceptors (Lipinski definition) is 6. The highest BCUT2D eigenvalue weighted by Gasteiger charge is 2.44. The summed E-state index contributed by atoms with van der Waals surface area (Å²) in [5.41, 5.74) is 0. The summed E-state index contributed by atoms with van der Waals surface area (Å²) in [5.74, 6) is 0. The van der Waals surface area contributed by atoms with Crippen molar-refractivity contribution >= 4 is 29.0 Å². The molecule has 0 unspecified atom stereocenters. The van der Waals surface area contributed by atoms with E-state index in [9.17, 15) is 0 Å². The van der Waals surface area contributed by atoms with Crippen molar-refractivity contribution in [2.24, 2.45) is 15.5 Å². The van der Waals surface area contributed by atoms with E-state index in [4.69, 9.17) is 0 Å². The lowest BCUT2D eigenvalue weighted by atomic mass is 11.8. The fourth-order valence-electron chi connectivity index (χ4n) is 0.402. The zero-order valence-electron chi connectivity index (χ0n) is 6.19. The van der Waals surface area contributed by atoms with E-state index in [1.165, 1.54) is 6.55 Å². The highest BCUT2D eigenvalue weighted by molar-refractivity contribution is 6.58. The van der Waals surface area contributed by atoms with Crippen molar-refractivity contribution in [2.75, 3.05) is 0 Å². The maximum Gasteiger partial charge on any atom is 0.758 e. The standard InChI is InChI=1S/C4H9N3O3Si/c1-5-8-11(4,9-6-2)10-7-3/h1-3H2,4H3. The van der Waals surface area contributed by atoms with E-state index < -0.39 is 8.80 Å². The average Bonchev–Trinajstić information content (AvgIpc) is 1.88. The average molecular weight is 175 g/mol. The molecule has 0 aromatic heterocycles. The molecule has 0 spiro atoms. The third-order valence-electron chi connectivity index (χ3n) is 0.691. The van der Waals surface area contributed by atoms with Gasteiger partial charge in [0.05, 0.1) is 0 Å². The Balaban J connectivity index is 4.09. The Labute approximate surface area is 65.5 Å². The third kappa shape index (κ3) is 3.35. The van der Waals surface area contributed by atoms with E-state index in [2.05, 4.69) is 49.2 Å². The lowest BCUT2D eigenvalue weighted by Crippen LogP contribution is -2.37. The summed E-state index contributed by atoms with van der Waals surface area (Å²) < 4.78 is 14.0. The van der Waals surface area contributed by atoms with Gasteiger partial charge in [0.15, 0.2) is 0 Å². The maximum absolute atomic E-state index is 4.65. The van der Waals surface area contributed by atoms with E-state index in [-0.39, 0.29) is 0 Å². The summed E-state index contributed by atoms with van der Waals surface area (Å²) in [6, 6.07) is 0. The molecule has 0 aliphatic carbocycles. The second kappa shape index (κ2) is 4.44. The quantitative estimate of drug-likeness (QED) is 0.334. The Morgan fingerprint density at radius 2 is 1.18 bits per heavy atom. The zero-order chi connectivity index (χ0) is 8.74. The van der Waals surface area contributed by atoms with Crippen LogP contribution in [-0.2, 0) is 13.6 Å². The Hall–Kier alpha value is -1.37. The van der Waals surface area contributed by atoms with Crippen molar-refractivity contribution in [3.8, 4) is 0 Å². The zero-order valence-corrected chi connectivity index (χ0v) is 7.19. The van der Waals surface area contributed by atoms with E-state index in [0.29, 0.717) is 0 Å². The lowest BCUT2D eigenvalue weighted by molar-refractivity contribution is 0.0758. The molecule has 11 heavy (non-hydrogen) atoms. The van der Waals surface area contributed by atoms with Crippen LogP contribution in [-0.4, -0.2) is 29.0 Å². The van der Waals surface area contributed by atoms with Crippen LogP contribution in [0.2, 0.25) is 6.55 Å². The molecule has 0 saturated heterocycles. The summed E-state index contributed by atoms with van der Waals surface area (Å²) in [4.78, 5) is 0.